The summed E-state index contributed by atoms with van der Waals surface area (Å²) in [4.78, 5) is 0. The summed E-state index contributed by atoms with van der Waals surface area (Å²) < 4.78 is 11.4. The van der Waals surface area contributed by atoms with E-state index in [0.717, 1.165) is 5.56 Å². The molecule has 0 amide bonds. The minimum atomic E-state index is -0.585. The molecule has 2 aromatic rings. The van der Waals surface area contributed by atoms with Crippen LogP contribution in [0, 0.1) is 18.8 Å². The molecule has 0 aliphatic heterocycles. The number of pyridine rings is 1. The first-order valence-corrected chi connectivity index (χ1v) is 9.50. The van der Waals surface area contributed by atoms with Crippen LogP contribution < -0.4 is 4.57 Å². The van der Waals surface area contributed by atoms with Gasteiger partial charge in [-0.3, -0.25) is 0 Å². The molecule has 2 rings (SSSR count). The third kappa shape index (κ3) is 4.32. The maximum absolute atomic E-state index is 9.19. The maximum Gasteiger partial charge on any atom is 0.212 e. The number of benzene rings is 1. The maximum atomic E-state index is 9.19. The Bertz CT molecular complexity index is 773. The lowest BCUT2D eigenvalue weighted by Gasteiger charge is -2.25. The smallest absolute Gasteiger partial charge is 0.201 e. The Morgan fingerprint density at radius 1 is 0.960 bits per heavy atom. The molecule has 136 valence electrons. The third-order valence-electron chi connectivity index (χ3n) is 5.11. The van der Waals surface area contributed by atoms with Crippen molar-refractivity contribution in [2.75, 3.05) is 0 Å². The number of nitrogens with zero attached hydrogens (tertiary/aromatic N) is 1. The zero-order chi connectivity index (χ0) is 19.9. The van der Waals surface area contributed by atoms with Gasteiger partial charge in [-0.25, -0.2) is 4.57 Å². The highest BCUT2D eigenvalue weighted by Gasteiger charge is 2.24. The van der Waals surface area contributed by atoms with Crippen LogP contribution in [0.2, 0.25) is 0 Å². The predicted molar refractivity (Wildman–Crippen MR) is 109 cm³/mol. The average Bonchev–Trinajstić information content (AvgIpc) is 2.53. The minimum absolute atomic E-state index is 0.119. The monoisotopic (exact) mass is 339 g/mol. The van der Waals surface area contributed by atoms with Gasteiger partial charge in [0, 0.05) is 19.1 Å². The van der Waals surface area contributed by atoms with E-state index in [9.17, 15) is 1.37 Å². The molecule has 0 N–H and O–H groups in total. The van der Waals surface area contributed by atoms with Crippen molar-refractivity contribution in [2.24, 2.45) is 18.9 Å². The Morgan fingerprint density at radius 2 is 1.56 bits per heavy atom. The van der Waals surface area contributed by atoms with E-state index in [2.05, 4.69) is 104 Å². The molecule has 1 aromatic heterocycles. The number of hydrogen-bond donors (Lipinski definition) is 0. The molecule has 1 heteroatoms. The van der Waals surface area contributed by atoms with Crippen molar-refractivity contribution in [3.05, 3.63) is 53.2 Å². The van der Waals surface area contributed by atoms with Gasteiger partial charge in [-0.2, -0.15) is 0 Å². The quantitative estimate of drug-likeness (QED) is 0.586. The van der Waals surface area contributed by atoms with Crippen molar-refractivity contribution >= 4 is 0 Å². The lowest BCUT2D eigenvalue weighted by molar-refractivity contribution is -0.660. The molecule has 0 unspecified atom stereocenters. The van der Waals surface area contributed by atoms with Crippen LogP contribution in [0.5, 0.6) is 0 Å². The standard InChI is InChI=1S/C24H36N/c1-16(2)23(17(3)4)19-12-13-25(9)22(14-19)21-15-20(24(6,7)8)11-10-18(21)5/h10-17,23H,1-9H3/q+1/i23D. The molecule has 0 aliphatic carbocycles. The van der Waals surface area contributed by atoms with Crippen molar-refractivity contribution in [3.8, 4) is 11.3 Å². The highest BCUT2D eigenvalue weighted by molar-refractivity contribution is 5.63. The lowest BCUT2D eigenvalue weighted by Crippen LogP contribution is -2.31. The van der Waals surface area contributed by atoms with E-state index >= 15 is 0 Å². The number of hydrogen-bond acceptors (Lipinski definition) is 0. The topological polar surface area (TPSA) is 3.88 Å². The van der Waals surface area contributed by atoms with Gasteiger partial charge in [0.05, 0.1) is 0 Å². The predicted octanol–water partition coefficient (Wildman–Crippen LogP) is 6.18. The largest absolute Gasteiger partial charge is 0.212 e. The van der Waals surface area contributed by atoms with Crippen LogP contribution in [-0.2, 0) is 12.5 Å². The molecule has 0 saturated heterocycles. The van der Waals surface area contributed by atoms with Crippen molar-refractivity contribution in [3.63, 3.8) is 0 Å². The fourth-order valence-electron chi connectivity index (χ4n) is 3.71. The summed E-state index contributed by atoms with van der Waals surface area (Å²) in [5, 5.41) is 0. The van der Waals surface area contributed by atoms with E-state index in [4.69, 9.17) is 0 Å². The zero-order valence-electron chi connectivity index (χ0n) is 18.6. The van der Waals surface area contributed by atoms with Gasteiger partial charge in [0.25, 0.3) is 0 Å². The first-order chi connectivity index (χ1) is 11.9. The second-order valence-electron chi connectivity index (χ2n) is 8.96. The normalized spacial score (nSPS) is 13.5. The van der Waals surface area contributed by atoms with Gasteiger partial charge in [0.1, 0.15) is 7.05 Å². The molecular weight excluding hydrogens is 302 g/mol. The SMILES string of the molecule is [2H]C(c1cc[n+](C)c(-c2cc(C(C)(C)C)ccc2C)c1)(C(C)C)C(C)C. The molecule has 25 heavy (non-hydrogen) atoms. The van der Waals surface area contributed by atoms with Crippen LogP contribution in [-0.4, -0.2) is 0 Å². The van der Waals surface area contributed by atoms with E-state index in [0.29, 0.717) is 0 Å². The highest BCUT2D eigenvalue weighted by Crippen LogP contribution is 2.34. The van der Waals surface area contributed by atoms with Gasteiger partial charge in [0.15, 0.2) is 6.20 Å². The summed E-state index contributed by atoms with van der Waals surface area (Å²) in [6, 6.07) is 11.1. The Morgan fingerprint density at radius 3 is 2.08 bits per heavy atom. The molecule has 0 saturated carbocycles. The Kier molecular flexibility index (Phi) is 5.32. The summed E-state index contributed by atoms with van der Waals surface area (Å²) in [6.07, 6.45) is 2.11. The summed E-state index contributed by atoms with van der Waals surface area (Å²) in [5.41, 5.74) is 6.29. The molecule has 1 nitrogen and oxygen atoms in total. The van der Waals surface area contributed by atoms with E-state index in [1.807, 2.05) is 0 Å². The van der Waals surface area contributed by atoms with Crippen LogP contribution in [0.4, 0.5) is 0 Å². The van der Waals surface area contributed by atoms with E-state index in [1.165, 1.54) is 22.4 Å². The third-order valence-corrected chi connectivity index (χ3v) is 5.11. The summed E-state index contributed by atoms with van der Waals surface area (Å²) >= 11 is 0. The van der Waals surface area contributed by atoms with Crippen LogP contribution in [0.1, 0.15) is 72.4 Å². The van der Waals surface area contributed by atoms with Crippen LogP contribution in [0.15, 0.2) is 36.5 Å². The Balaban J connectivity index is 2.69. The molecule has 0 bridgehead atoms. The Labute approximate surface area is 156 Å². The van der Waals surface area contributed by atoms with Gasteiger partial charge >= 0.3 is 0 Å². The number of aryl methyl sites for hydroxylation is 2. The first-order valence-electron chi connectivity index (χ1n) is 10.0. The molecule has 0 atom stereocenters. The molecule has 0 aliphatic rings. The highest BCUT2D eigenvalue weighted by atomic mass is 14.9. The van der Waals surface area contributed by atoms with Crippen molar-refractivity contribution in [2.45, 2.75) is 66.7 Å². The average molecular weight is 340 g/mol. The zero-order valence-corrected chi connectivity index (χ0v) is 17.6. The summed E-state index contributed by atoms with van der Waals surface area (Å²) in [7, 11) is 2.10. The van der Waals surface area contributed by atoms with Crippen molar-refractivity contribution in [1.29, 1.82) is 0 Å². The second-order valence-corrected chi connectivity index (χ2v) is 8.96. The van der Waals surface area contributed by atoms with Gasteiger partial charge in [0.2, 0.25) is 5.69 Å². The van der Waals surface area contributed by atoms with Gasteiger partial charge in [-0.1, -0.05) is 60.6 Å². The van der Waals surface area contributed by atoms with E-state index < -0.39 is 5.89 Å². The van der Waals surface area contributed by atoms with Crippen LogP contribution in [0.25, 0.3) is 11.3 Å². The second kappa shape index (κ2) is 7.32. The van der Waals surface area contributed by atoms with E-state index in [1.54, 1.807) is 0 Å². The van der Waals surface area contributed by atoms with E-state index in [-0.39, 0.29) is 17.3 Å². The first kappa shape index (κ1) is 18.2. The van der Waals surface area contributed by atoms with Gasteiger partial charge < -0.3 is 0 Å². The van der Waals surface area contributed by atoms with Gasteiger partial charge in [-0.15, -0.1) is 0 Å². The van der Waals surface area contributed by atoms with Crippen LogP contribution in [0.3, 0.4) is 0 Å². The fourth-order valence-corrected chi connectivity index (χ4v) is 3.71. The number of rotatable bonds is 4. The molecule has 1 aromatic carbocycles. The van der Waals surface area contributed by atoms with Crippen LogP contribution >= 0.6 is 0 Å². The lowest BCUT2D eigenvalue weighted by atomic mass is 9.79. The minimum Gasteiger partial charge on any atom is -0.201 e. The fraction of sp³-hybridized carbons (Fsp3) is 0.542. The van der Waals surface area contributed by atoms with Crippen molar-refractivity contribution < 1.29 is 5.94 Å². The molecule has 0 spiro atoms. The Hall–Kier alpha value is -1.63. The molecular formula is C24H36N+. The molecule has 0 fully saturated rings. The van der Waals surface area contributed by atoms with Crippen molar-refractivity contribution in [1.82, 2.24) is 0 Å². The summed E-state index contributed by atoms with van der Waals surface area (Å²) in [5.74, 6) is -0.0754. The molecule has 1 heterocycles. The summed E-state index contributed by atoms with van der Waals surface area (Å²) in [6.45, 7) is 17.6. The van der Waals surface area contributed by atoms with Gasteiger partial charge in [-0.05, 0) is 52.8 Å². The number of aromatic nitrogens is 1. The molecule has 0 radical (unpaired) electrons.